The van der Waals surface area contributed by atoms with Crippen LogP contribution in [0.15, 0.2) is 42.5 Å². The predicted octanol–water partition coefficient (Wildman–Crippen LogP) is 3.09. The lowest BCUT2D eigenvalue weighted by atomic mass is 10.0. The van der Waals surface area contributed by atoms with Crippen molar-refractivity contribution in [2.24, 2.45) is 0 Å². The maximum Gasteiger partial charge on any atom is 0.293 e. The molecule has 7 nitrogen and oxygen atoms in total. The third-order valence-corrected chi connectivity index (χ3v) is 4.45. The number of carbonyl (C=O) groups excluding carboxylic acids is 1. The molecular weight excluding hydrogens is 334 g/mol. The summed E-state index contributed by atoms with van der Waals surface area (Å²) in [5.74, 6) is -0.314. The number of nitro benzene ring substituents is 1. The van der Waals surface area contributed by atoms with Crippen LogP contribution >= 0.6 is 0 Å². The summed E-state index contributed by atoms with van der Waals surface area (Å²) in [4.78, 5) is 25.3. The number of nitro groups is 1. The van der Waals surface area contributed by atoms with Crippen LogP contribution in [0, 0.1) is 17.0 Å². The van der Waals surface area contributed by atoms with Gasteiger partial charge in [0.2, 0.25) is 0 Å². The number of nitrogens with two attached hydrogens (primary N) is 1. The van der Waals surface area contributed by atoms with Gasteiger partial charge in [0.05, 0.1) is 23.1 Å². The first-order valence-electron chi connectivity index (χ1n) is 8.41. The number of benzene rings is 2. The van der Waals surface area contributed by atoms with E-state index in [1.54, 1.807) is 17.9 Å². The van der Waals surface area contributed by atoms with E-state index in [0.717, 1.165) is 5.56 Å². The van der Waals surface area contributed by atoms with Crippen LogP contribution in [0.1, 0.15) is 34.5 Å². The molecule has 1 heterocycles. The van der Waals surface area contributed by atoms with Crippen LogP contribution < -0.4 is 5.73 Å². The average Bonchev–Trinajstić information content (AvgIpc) is 2.62. The van der Waals surface area contributed by atoms with Gasteiger partial charge in [-0.25, -0.2) is 0 Å². The molecule has 7 heteroatoms. The third-order valence-electron chi connectivity index (χ3n) is 4.45. The zero-order valence-electron chi connectivity index (χ0n) is 14.7. The Morgan fingerprint density at radius 1 is 1.27 bits per heavy atom. The SMILES string of the molecule is Cc1cc(C(=O)N2C[C@@H](C)O[C@@H](c3ccccc3)C2)c(N)c([N+](=O)[O-])c1. The summed E-state index contributed by atoms with van der Waals surface area (Å²) in [5.41, 5.74) is 7.35. The number of aryl methyl sites for hydroxylation is 1. The highest BCUT2D eigenvalue weighted by Gasteiger charge is 2.32. The number of morpholine rings is 1. The fraction of sp³-hybridized carbons (Fsp3) is 0.316. The Labute approximate surface area is 151 Å². The molecule has 2 atom stereocenters. The van der Waals surface area contributed by atoms with Crippen LogP contribution in [0.4, 0.5) is 11.4 Å². The summed E-state index contributed by atoms with van der Waals surface area (Å²) >= 11 is 0. The maximum absolute atomic E-state index is 13.0. The van der Waals surface area contributed by atoms with Gasteiger partial charge in [0.1, 0.15) is 11.8 Å². The van der Waals surface area contributed by atoms with Crippen LogP contribution in [0.5, 0.6) is 0 Å². The lowest BCUT2D eigenvalue weighted by Gasteiger charge is -2.37. The molecule has 2 aromatic rings. The van der Waals surface area contributed by atoms with Gasteiger partial charge < -0.3 is 15.4 Å². The number of carbonyl (C=O) groups is 1. The quantitative estimate of drug-likeness (QED) is 0.518. The van der Waals surface area contributed by atoms with Crippen molar-refractivity contribution in [1.82, 2.24) is 4.90 Å². The van der Waals surface area contributed by atoms with E-state index in [2.05, 4.69) is 0 Å². The van der Waals surface area contributed by atoms with Crippen molar-refractivity contribution in [3.63, 3.8) is 0 Å². The molecule has 0 aliphatic carbocycles. The number of nitrogen functional groups attached to an aromatic ring is 1. The molecule has 1 aliphatic heterocycles. The monoisotopic (exact) mass is 355 g/mol. The molecule has 3 rings (SSSR count). The van der Waals surface area contributed by atoms with Gasteiger partial charge in [-0.1, -0.05) is 30.3 Å². The number of nitrogens with zero attached hydrogens (tertiary/aromatic N) is 2. The van der Waals surface area contributed by atoms with Gasteiger partial charge >= 0.3 is 0 Å². The predicted molar refractivity (Wildman–Crippen MR) is 97.9 cm³/mol. The zero-order valence-corrected chi connectivity index (χ0v) is 14.7. The van der Waals surface area contributed by atoms with Crippen molar-refractivity contribution in [1.29, 1.82) is 0 Å². The highest BCUT2D eigenvalue weighted by molar-refractivity contribution is 6.01. The van der Waals surface area contributed by atoms with E-state index >= 15 is 0 Å². The molecule has 0 bridgehead atoms. The number of hydrogen-bond donors (Lipinski definition) is 1. The molecule has 2 aromatic carbocycles. The van der Waals surface area contributed by atoms with E-state index in [1.165, 1.54) is 6.07 Å². The molecule has 1 aliphatic rings. The van der Waals surface area contributed by atoms with Crippen molar-refractivity contribution in [3.05, 3.63) is 69.3 Å². The van der Waals surface area contributed by atoms with Crippen LogP contribution in [0.3, 0.4) is 0 Å². The molecule has 2 N–H and O–H groups in total. The second kappa shape index (κ2) is 7.13. The Balaban J connectivity index is 1.91. The van der Waals surface area contributed by atoms with E-state index in [9.17, 15) is 14.9 Å². The average molecular weight is 355 g/mol. The summed E-state index contributed by atoms with van der Waals surface area (Å²) < 4.78 is 5.97. The number of anilines is 1. The van der Waals surface area contributed by atoms with Crippen molar-refractivity contribution in [3.8, 4) is 0 Å². The number of rotatable bonds is 3. The summed E-state index contributed by atoms with van der Waals surface area (Å²) in [6.45, 7) is 4.38. The second-order valence-corrected chi connectivity index (χ2v) is 6.56. The molecule has 1 fully saturated rings. The summed E-state index contributed by atoms with van der Waals surface area (Å²) in [6, 6.07) is 12.7. The molecule has 136 valence electrons. The van der Waals surface area contributed by atoms with E-state index < -0.39 is 4.92 Å². The lowest BCUT2D eigenvalue weighted by Crippen LogP contribution is -2.46. The largest absolute Gasteiger partial charge is 0.393 e. The first-order valence-corrected chi connectivity index (χ1v) is 8.41. The molecule has 1 saturated heterocycles. The molecule has 0 spiro atoms. The van der Waals surface area contributed by atoms with E-state index in [0.29, 0.717) is 18.7 Å². The standard InChI is InChI=1S/C19H21N3O4/c1-12-8-15(18(20)16(9-12)22(24)25)19(23)21-10-13(2)26-17(11-21)14-6-4-3-5-7-14/h3-9,13,17H,10-11,20H2,1-2H3/t13-,17-/m1/s1. The van der Waals surface area contributed by atoms with Crippen LogP contribution in [-0.4, -0.2) is 34.9 Å². The normalized spacial score (nSPS) is 20.0. The Morgan fingerprint density at radius 3 is 2.62 bits per heavy atom. The molecule has 0 radical (unpaired) electrons. The van der Waals surface area contributed by atoms with Crippen molar-refractivity contribution < 1.29 is 14.5 Å². The van der Waals surface area contributed by atoms with Gasteiger partial charge in [0.25, 0.3) is 11.6 Å². The summed E-state index contributed by atoms with van der Waals surface area (Å²) in [7, 11) is 0. The molecule has 0 aromatic heterocycles. The van der Waals surface area contributed by atoms with Gasteiger partial charge in [0, 0.05) is 12.6 Å². The first kappa shape index (κ1) is 17.9. The van der Waals surface area contributed by atoms with Gasteiger partial charge in [-0.3, -0.25) is 14.9 Å². The smallest absolute Gasteiger partial charge is 0.293 e. The van der Waals surface area contributed by atoms with E-state index in [-0.39, 0.29) is 35.1 Å². The third kappa shape index (κ3) is 3.52. The van der Waals surface area contributed by atoms with Crippen molar-refractivity contribution in [2.45, 2.75) is 26.1 Å². The number of hydrogen-bond acceptors (Lipinski definition) is 5. The van der Waals surface area contributed by atoms with Crippen molar-refractivity contribution in [2.75, 3.05) is 18.8 Å². The fourth-order valence-electron chi connectivity index (χ4n) is 3.25. The Hall–Kier alpha value is -2.93. The Bertz CT molecular complexity index is 838. The zero-order chi connectivity index (χ0) is 18.8. The highest BCUT2D eigenvalue weighted by Crippen LogP contribution is 2.31. The van der Waals surface area contributed by atoms with Crippen LogP contribution in [0.2, 0.25) is 0 Å². The second-order valence-electron chi connectivity index (χ2n) is 6.56. The molecule has 0 unspecified atom stereocenters. The molecule has 0 saturated carbocycles. The molecule has 1 amide bonds. The number of amides is 1. The first-order chi connectivity index (χ1) is 12.4. The van der Waals surface area contributed by atoms with Crippen molar-refractivity contribution >= 4 is 17.3 Å². The van der Waals surface area contributed by atoms with E-state index in [4.69, 9.17) is 10.5 Å². The Kier molecular flexibility index (Phi) is 4.90. The van der Waals surface area contributed by atoms with Gasteiger partial charge in [-0.2, -0.15) is 0 Å². The Morgan fingerprint density at radius 2 is 1.96 bits per heavy atom. The lowest BCUT2D eigenvalue weighted by molar-refractivity contribution is -0.384. The number of ether oxygens (including phenoxy) is 1. The molecule has 26 heavy (non-hydrogen) atoms. The maximum atomic E-state index is 13.0. The van der Waals surface area contributed by atoms with E-state index in [1.807, 2.05) is 37.3 Å². The topological polar surface area (TPSA) is 98.7 Å². The minimum absolute atomic E-state index is 0.0963. The minimum Gasteiger partial charge on any atom is -0.393 e. The molecular formula is C19H21N3O4. The minimum atomic E-state index is -0.562. The highest BCUT2D eigenvalue weighted by atomic mass is 16.6. The van der Waals surface area contributed by atoms with Crippen LogP contribution in [0.25, 0.3) is 0 Å². The van der Waals surface area contributed by atoms with Gasteiger partial charge in [-0.05, 0) is 31.0 Å². The summed E-state index contributed by atoms with van der Waals surface area (Å²) in [6.07, 6.45) is -0.399. The van der Waals surface area contributed by atoms with Crippen LogP contribution in [-0.2, 0) is 4.74 Å². The van der Waals surface area contributed by atoms with Gasteiger partial charge in [-0.15, -0.1) is 0 Å². The fourth-order valence-corrected chi connectivity index (χ4v) is 3.25. The summed E-state index contributed by atoms with van der Waals surface area (Å²) in [5, 5.41) is 11.2. The van der Waals surface area contributed by atoms with Gasteiger partial charge in [0.15, 0.2) is 0 Å².